The van der Waals surface area contributed by atoms with Crippen LogP contribution in [-0.2, 0) is 19.0 Å². The number of ether oxygens (including phenoxy) is 3. The lowest BCUT2D eigenvalue weighted by molar-refractivity contribution is -0.226. The van der Waals surface area contributed by atoms with Crippen molar-refractivity contribution in [3.63, 3.8) is 0 Å². The number of aliphatic hydroxyl groups excluding tert-OH is 1. The molecular weight excluding hydrogens is 283 g/mol. The quantitative estimate of drug-likeness (QED) is 0.606. The van der Waals surface area contributed by atoms with Gasteiger partial charge in [0.1, 0.15) is 11.0 Å². The number of aliphatic hydroxyl groups is 1. The van der Waals surface area contributed by atoms with Gasteiger partial charge in [-0.3, -0.25) is 4.79 Å². The monoisotopic (exact) mass is 298 g/mol. The van der Waals surface area contributed by atoms with E-state index in [0.717, 1.165) is 0 Å². The molecule has 7 heteroatoms. The van der Waals surface area contributed by atoms with Crippen LogP contribution < -0.4 is 0 Å². The van der Waals surface area contributed by atoms with Crippen molar-refractivity contribution in [2.75, 3.05) is 27.9 Å². The molecule has 104 valence electrons. The van der Waals surface area contributed by atoms with E-state index in [0.29, 0.717) is 0 Å². The van der Waals surface area contributed by atoms with Crippen LogP contribution in [0.4, 0.5) is 0 Å². The summed E-state index contributed by atoms with van der Waals surface area (Å²) in [6.07, 6.45) is -1.13. The van der Waals surface area contributed by atoms with Gasteiger partial charge in [-0.1, -0.05) is 0 Å². The molecule has 2 aliphatic rings. The third-order valence-electron chi connectivity index (χ3n) is 4.12. The summed E-state index contributed by atoms with van der Waals surface area (Å²) in [6.45, 7) is 0.241. The van der Waals surface area contributed by atoms with E-state index in [1.807, 2.05) is 0 Å². The molecule has 2 saturated carbocycles. The Bertz CT molecular complexity index is 372. The SMILES string of the molecule is COC[C@H]1C[C@@]2(Cl)[C@@H](O)C(=O)[C@]1(Cl)C2(OC)OC. The number of hydrogen-bond donors (Lipinski definition) is 1. The Morgan fingerprint density at radius 3 is 2.28 bits per heavy atom. The molecule has 5 nitrogen and oxygen atoms in total. The van der Waals surface area contributed by atoms with E-state index in [1.165, 1.54) is 21.3 Å². The van der Waals surface area contributed by atoms with Crippen molar-refractivity contribution in [2.24, 2.45) is 5.92 Å². The van der Waals surface area contributed by atoms with Crippen molar-refractivity contribution in [1.82, 2.24) is 0 Å². The fraction of sp³-hybridized carbons (Fsp3) is 0.909. The maximum absolute atomic E-state index is 12.2. The molecule has 0 spiro atoms. The fourth-order valence-electron chi connectivity index (χ4n) is 3.36. The van der Waals surface area contributed by atoms with E-state index in [2.05, 4.69) is 0 Å². The van der Waals surface area contributed by atoms with Gasteiger partial charge in [0.15, 0.2) is 10.7 Å². The Labute approximate surface area is 115 Å². The first-order valence-electron chi connectivity index (χ1n) is 5.55. The van der Waals surface area contributed by atoms with E-state index in [9.17, 15) is 9.90 Å². The minimum absolute atomic E-state index is 0.241. The first kappa shape index (κ1) is 14.5. The summed E-state index contributed by atoms with van der Waals surface area (Å²) >= 11 is 12.9. The van der Waals surface area contributed by atoms with Crippen molar-refractivity contribution in [2.45, 2.75) is 28.1 Å². The second-order valence-corrected chi connectivity index (χ2v) is 5.99. The molecule has 18 heavy (non-hydrogen) atoms. The molecule has 0 aliphatic heterocycles. The number of hydrogen-bond acceptors (Lipinski definition) is 5. The zero-order chi connectivity index (χ0) is 13.8. The molecular formula is C11H16Cl2O5. The van der Waals surface area contributed by atoms with Crippen LogP contribution in [0.2, 0.25) is 0 Å². The normalized spacial score (nSPS) is 45.8. The van der Waals surface area contributed by atoms with Gasteiger partial charge in [-0.25, -0.2) is 0 Å². The molecule has 1 N–H and O–H groups in total. The zero-order valence-electron chi connectivity index (χ0n) is 10.4. The van der Waals surface area contributed by atoms with Gasteiger partial charge < -0.3 is 19.3 Å². The Hall–Kier alpha value is 0.0900. The maximum Gasteiger partial charge on any atom is 0.217 e. The Morgan fingerprint density at radius 1 is 1.33 bits per heavy atom. The van der Waals surface area contributed by atoms with Crippen LogP contribution in [0.5, 0.6) is 0 Å². The topological polar surface area (TPSA) is 65.0 Å². The molecule has 0 radical (unpaired) electrons. The third kappa shape index (κ3) is 1.25. The summed E-state index contributed by atoms with van der Waals surface area (Å²) < 4.78 is 15.7. The van der Waals surface area contributed by atoms with Gasteiger partial charge >= 0.3 is 0 Å². The zero-order valence-corrected chi connectivity index (χ0v) is 11.9. The third-order valence-corrected chi connectivity index (χ3v) is 5.47. The van der Waals surface area contributed by atoms with E-state index in [-0.39, 0.29) is 18.9 Å². The van der Waals surface area contributed by atoms with E-state index < -0.39 is 27.4 Å². The van der Waals surface area contributed by atoms with Gasteiger partial charge in [0.2, 0.25) is 5.79 Å². The highest BCUT2D eigenvalue weighted by molar-refractivity contribution is 6.43. The first-order valence-corrected chi connectivity index (χ1v) is 6.30. The number of Topliss-reactive ketones (excluding diaryl/α,β-unsaturated/α-hetero) is 1. The molecule has 2 rings (SSSR count). The molecule has 2 aliphatic carbocycles. The second kappa shape index (κ2) is 4.30. The molecule has 2 bridgehead atoms. The maximum atomic E-state index is 12.2. The average molecular weight is 299 g/mol. The number of fused-ring (bicyclic) bond motifs is 2. The Balaban J connectivity index is 2.58. The predicted molar refractivity (Wildman–Crippen MR) is 64.9 cm³/mol. The van der Waals surface area contributed by atoms with Gasteiger partial charge in [0.05, 0.1) is 6.61 Å². The summed E-state index contributed by atoms with van der Waals surface area (Å²) in [7, 11) is 4.23. The summed E-state index contributed by atoms with van der Waals surface area (Å²) in [5, 5.41) is 10.0. The lowest BCUT2D eigenvalue weighted by atomic mass is 9.85. The van der Waals surface area contributed by atoms with Crippen LogP contribution in [0.25, 0.3) is 0 Å². The number of rotatable bonds is 4. The largest absolute Gasteiger partial charge is 0.384 e. The van der Waals surface area contributed by atoms with Crippen molar-refractivity contribution in [3.8, 4) is 0 Å². The van der Waals surface area contributed by atoms with E-state index in [1.54, 1.807) is 0 Å². The molecule has 0 heterocycles. The molecule has 0 amide bonds. The molecule has 0 aromatic carbocycles. The number of carbonyl (C=O) groups excluding carboxylic acids is 1. The number of alkyl halides is 2. The molecule has 2 fully saturated rings. The lowest BCUT2D eigenvalue weighted by Gasteiger charge is -2.39. The Kier molecular flexibility index (Phi) is 3.46. The summed E-state index contributed by atoms with van der Waals surface area (Å²) in [6, 6.07) is 0. The van der Waals surface area contributed by atoms with Crippen molar-refractivity contribution < 1.29 is 24.1 Å². The van der Waals surface area contributed by atoms with Crippen LogP contribution in [0.1, 0.15) is 6.42 Å². The first-order chi connectivity index (χ1) is 8.35. The highest BCUT2D eigenvalue weighted by atomic mass is 35.5. The minimum atomic E-state index is -1.55. The van der Waals surface area contributed by atoms with Gasteiger partial charge in [-0.15, -0.1) is 23.2 Å². The lowest BCUT2D eigenvalue weighted by Crippen LogP contribution is -2.57. The number of ketones is 1. The smallest absolute Gasteiger partial charge is 0.217 e. The summed E-state index contributed by atoms with van der Waals surface area (Å²) in [5.41, 5.74) is 0. The molecule has 0 unspecified atom stereocenters. The number of methoxy groups -OCH3 is 3. The second-order valence-electron chi connectivity index (χ2n) is 4.72. The van der Waals surface area contributed by atoms with Crippen molar-refractivity contribution in [1.29, 1.82) is 0 Å². The Morgan fingerprint density at radius 2 is 1.89 bits per heavy atom. The van der Waals surface area contributed by atoms with Crippen LogP contribution in [0.15, 0.2) is 0 Å². The molecule has 0 aromatic rings. The van der Waals surface area contributed by atoms with Gasteiger partial charge in [-0.2, -0.15) is 0 Å². The standard InChI is InChI=1S/C11H16Cl2O5/c1-16-5-6-4-9(12)7(14)8(15)10(6,13)11(9,17-2)18-3/h6-7,14H,4-5H2,1-3H3/t6-,7+,9-,10+/m1/s1. The molecule has 0 aromatic heterocycles. The van der Waals surface area contributed by atoms with Crippen LogP contribution in [0, 0.1) is 5.92 Å². The number of halogens is 2. The van der Waals surface area contributed by atoms with Gasteiger partial charge in [0.25, 0.3) is 0 Å². The highest BCUT2D eigenvalue weighted by Crippen LogP contribution is 2.66. The number of carbonyl (C=O) groups is 1. The predicted octanol–water partition coefficient (Wildman–Crippen LogP) is 0.541. The highest BCUT2D eigenvalue weighted by Gasteiger charge is 2.85. The van der Waals surface area contributed by atoms with Crippen LogP contribution >= 0.6 is 23.2 Å². The molecule has 4 atom stereocenters. The van der Waals surface area contributed by atoms with Gasteiger partial charge in [-0.05, 0) is 6.42 Å². The molecule has 0 saturated heterocycles. The van der Waals surface area contributed by atoms with Crippen molar-refractivity contribution >= 4 is 29.0 Å². The van der Waals surface area contributed by atoms with E-state index in [4.69, 9.17) is 37.4 Å². The van der Waals surface area contributed by atoms with Crippen LogP contribution in [0.3, 0.4) is 0 Å². The van der Waals surface area contributed by atoms with Gasteiger partial charge in [0, 0.05) is 27.2 Å². The average Bonchev–Trinajstić information content (AvgIpc) is 2.61. The fourth-order valence-corrected chi connectivity index (χ4v) is 4.56. The van der Waals surface area contributed by atoms with Crippen molar-refractivity contribution in [3.05, 3.63) is 0 Å². The summed E-state index contributed by atoms with van der Waals surface area (Å²) in [5.74, 6) is -2.50. The minimum Gasteiger partial charge on any atom is -0.384 e. The van der Waals surface area contributed by atoms with E-state index >= 15 is 0 Å². The summed E-state index contributed by atoms with van der Waals surface area (Å²) in [4.78, 5) is 9.31. The van der Waals surface area contributed by atoms with Crippen LogP contribution in [-0.4, -0.2) is 60.5 Å².